The highest BCUT2D eigenvalue weighted by Gasteiger charge is 2.22. The Bertz CT molecular complexity index is 434. The third kappa shape index (κ3) is 6.70. The van der Waals surface area contributed by atoms with Crippen molar-refractivity contribution < 1.29 is 14.7 Å². The molecule has 1 unspecified atom stereocenters. The van der Waals surface area contributed by atoms with Gasteiger partial charge in [0.15, 0.2) is 0 Å². The van der Waals surface area contributed by atoms with Gasteiger partial charge in [-0.15, -0.1) is 11.3 Å². The van der Waals surface area contributed by atoms with E-state index in [2.05, 4.69) is 26.1 Å². The Kier molecular flexibility index (Phi) is 6.20. The topological polar surface area (TPSA) is 66.4 Å². The van der Waals surface area contributed by atoms with Crippen molar-refractivity contribution in [2.75, 3.05) is 0 Å². The molecule has 0 fully saturated rings. The molecule has 2 N–H and O–H groups in total. The van der Waals surface area contributed by atoms with Crippen molar-refractivity contribution in [2.24, 2.45) is 5.41 Å². The summed E-state index contributed by atoms with van der Waals surface area (Å²) in [4.78, 5) is 24.1. The lowest BCUT2D eigenvalue weighted by Gasteiger charge is -2.21. The molecule has 1 heterocycles. The fourth-order valence-electron chi connectivity index (χ4n) is 1.79. The van der Waals surface area contributed by atoms with Crippen LogP contribution in [0.4, 0.5) is 0 Å². The third-order valence-corrected chi connectivity index (χ3v) is 3.93. The van der Waals surface area contributed by atoms with Gasteiger partial charge in [0.25, 0.3) is 0 Å². The number of hydrogen-bond donors (Lipinski definition) is 2. The molecule has 4 nitrogen and oxygen atoms in total. The van der Waals surface area contributed by atoms with Crippen LogP contribution in [-0.4, -0.2) is 23.0 Å². The van der Waals surface area contributed by atoms with Crippen LogP contribution >= 0.6 is 11.3 Å². The van der Waals surface area contributed by atoms with Crippen LogP contribution in [0.15, 0.2) is 17.5 Å². The van der Waals surface area contributed by atoms with Crippen LogP contribution in [0.5, 0.6) is 0 Å². The lowest BCUT2D eigenvalue weighted by Crippen LogP contribution is -2.41. The van der Waals surface area contributed by atoms with Crippen LogP contribution in [0.3, 0.4) is 0 Å². The van der Waals surface area contributed by atoms with Gasteiger partial charge >= 0.3 is 5.97 Å². The molecule has 0 saturated carbocycles. The van der Waals surface area contributed by atoms with Crippen LogP contribution in [0.1, 0.15) is 44.9 Å². The Morgan fingerprint density at radius 3 is 2.60 bits per heavy atom. The van der Waals surface area contributed by atoms with Gasteiger partial charge in [0.05, 0.1) is 0 Å². The number of carboxylic acid groups (broad SMARTS) is 1. The highest BCUT2D eigenvalue weighted by atomic mass is 32.1. The number of hydrogen-bond acceptors (Lipinski definition) is 3. The van der Waals surface area contributed by atoms with E-state index < -0.39 is 12.0 Å². The Hall–Kier alpha value is -1.36. The minimum absolute atomic E-state index is 0.0649. The maximum Gasteiger partial charge on any atom is 0.326 e. The van der Waals surface area contributed by atoms with E-state index in [1.165, 1.54) is 0 Å². The molecule has 0 spiro atoms. The summed E-state index contributed by atoms with van der Waals surface area (Å²) < 4.78 is 0. The van der Waals surface area contributed by atoms with Crippen LogP contribution < -0.4 is 5.32 Å². The van der Waals surface area contributed by atoms with Crippen LogP contribution in [0, 0.1) is 5.41 Å². The smallest absolute Gasteiger partial charge is 0.326 e. The Balaban J connectivity index is 2.40. The average molecular weight is 297 g/mol. The van der Waals surface area contributed by atoms with E-state index in [-0.39, 0.29) is 11.3 Å². The summed E-state index contributed by atoms with van der Waals surface area (Å²) in [5.74, 6) is -1.15. The molecule has 0 aromatic carbocycles. The molecule has 0 saturated heterocycles. The van der Waals surface area contributed by atoms with Gasteiger partial charge in [-0.05, 0) is 36.1 Å². The van der Waals surface area contributed by atoms with Crippen molar-refractivity contribution in [1.29, 1.82) is 0 Å². The van der Waals surface area contributed by atoms with Gasteiger partial charge < -0.3 is 10.4 Å². The van der Waals surface area contributed by atoms with Gasteiger partial charge in [0.2, 0.25) is 5.91 Å². The predicted molar refractivity (Wildman–Crippen MR) is 80.9 cm³/mol. The van der Waals surface area contributed by atoms with E-state index in [4.69, 9.17) is 5.11 Å². The maximum absolute atomic E-state index is 11.8. The lowest BCUT2D eigenvalue weighted by molar-refractivity contribution is -0.142. The molecule has 1 rings (SSSR count). The van der Waals surface area contributed by atoms with Crippen molar-refractivity contribution in [3.63, 3.8) is 0 Å². The van der Waals surface area contributed by atoms with Crippen LogP contribution in [0.2, 0.25) is 0 Å². The van der Waals surface area contributed by atoms with Gasteiger partial charge in [0, 0.05) is 11.3 Å². The Morgan fingerprint density at radius 2 is 2.10 bits per heavy atom. The number of carbonyl (C=O) groups is 2. The van der Waals surface area contributed by atoms with Crippen molar-refractivity contribution in [3.8, 4) is 0 Å². The average Bonchev–Trinajstić information content (AvgIpc) is 2.83. The fourth-order valence-corrected chi connectivity index (χ4v) is 2.50. The minimum atomic E-state index is -0.960. The van der Waals surface area contributed by atoms with E-state index in [1.807, 2.05) is 17.5 Å². The molecule has 20 heavy (non-hydrogen) atoms. The molecule has 0 bridgehead atoms. The lowest BCUT2D eigenvalue weighted by atomic mass is 9.88. The summed E-state index contributed by atoms with van der Waals surface area (Å²) in [6.45, 7) is 6.18. The second-order valence-electron chi connectivity index (χ2n) is 6.14. The van der Waals surface area contributed by atoms with E-state index in [1.54, 1.807) is 11.3 Å². The standard InChI is InChI=1S/C15H23NO3S/c1-15(2,3)9-8-12(14(18)19)16-13(17)7-6-11-5-4-10-20-11/h4-5,10,12H,6-9H2,1-3H3,(H,16,17)(H,18,19). The first-order valence-electron chi connectivity index (χ1n) is 6.82. The minimum Gasteiger partial charge on any atom is -0.480 e. The van der Waals surface area contributed by atoms with E-state index in [9.17, 15) is 9.59 Å². The fraction of sp³-hybridized carbons (Fsp3) is 0.600. The summed E-state index contributed by atoms with van der Waals surface area (Å²) in [5, 5.41) is 13.7. The summed E-state index contributed by atoms with van der Waals surface area (Å²) >= 11 is 1.61. The number of aliphatic carboxylic acids is 1. The maximum atomic E-state index is 11.8. The first-order valence-corrected chi connectivity index (χ1v) is 7.70. The summed E-state index contributed by atoms with van der Waals surface area (Å²) in [6, 6.07) is 3.14. The number of nitrogens with one attached hydrogen (secondary N) is 1. The predicted octanol–water partition coefficient (Wildman–Crippen LogP) is 3.08. The molecular weight excluding hydrogens is 274 g/mol. The number of amides is 1. The van der Waals surface area contributed by atoms with Gasteiger partial charge in [-0.25, -0.2) is 4.79 Å². The van der Waals surface area contributed by atoms with Crippen LogP contribution in [0.25, 0.3) is 0 Å². The molecule has 1 aromatic heterocycles. The first kappa shape index (κ1) is 16.7. The summed E-state index contributed by atoms with van der Waals surface area (Å²) in [6.07, 6.45) is 2.22. The van der Waals surface area contributed by atoms with Gasteiger partial charge in [0.1, 0.15) is 6.04 Å². The highest BCUT2D eigenvalue weighted by Crippen LogP contribution is 2.21. The third-order valence-electron chi connectivity index (χ3n) is 2.99. The van der Waals surface area contributed by atoms with Crippen molar-refractivity contribution in [2.45, 2.75) is 52.5 Å². The number of rotatable bonds is 7. The number of aryl methyl sites for hydroxylation is 1. The zero-order valence-corrected chi connectivity index (χ0v) is 13.1. The first-order chi connectivity index (χ1) is 9.28. The van der Waals surface area contributed by atoms with Gasteiger partial charge in [-0.1, -0.05) is 26.8 Å². The summed E-state index contributed by atoms with van der Waals surface area (Å²) in [5.41, 5.74) is 0.0649. The van der Waals surface area contributed by atoms with Gasteiger partial charge in [-0.3, -0.25) is 4.79 Å². The van der Waals surface area contributed by atoms with Crippen molar-refractivity contribution >= 4 is 23.2 Å². The quantitative estimate of drug-likeness (QED) is 0.813. The second kappa shape index (κ2) is 7.43. The zero-order chi connectivity index (χ0) is 15.2. The van der Waals surface area contributed by atoms with E-state index >= 15 is 0 Å². The summed E-state index contributed by atoms with van der Waals surface area (Å²) in [7, 11) is 0. The van der Waals surface area contributed by atoms with Gasteiger partial charge in [-0.2, -0.15) is 0 Å². The molecule has 5 heteroatoms. The molecule has 0 aliphatic carbocycles. The number of carbonyl (C=O) groups excluding carboxylic acids is 1. The molecular formula is C15H23NO3S. The largest absolute Gasteiger partial charge is 0.480 e. The number of carboxylic acids is 1. The highest BCUT2D eigenvalue weighted by molar-refractivity contribution is 7.09. The zero-order valence-electron chi connectivity index (χ0n) is 12.3. The van der Waals surface area contributed by atoms with E-state index in [0.29, 0.717) is 19.3 Å². The molecule has 1 aromatic rings. The molecule has 1 amide bonds. The normalized spacial score (nSPS) is 12.9. The molecule has 0 aliphatic heterocycles. The van der Waals surface area contributed by atoms with Crippen LogP contribution in [-0.2, 0) is 16.0 Å². The Morgan fingerprint density at radius 1 is 1.40 bits per heavy atom. The molecule has 1 atom stereocenters. The molecule has 112 valence electrons. The molecule has 0 radical (unpaired) electrons. The van der Waals surface area contributed by atoms with Crippen molar-refractivity contribution in [1.82, 2.24) is 5.32 Å². The van der Waals surface area contributed by atoms with E-state index in [0.717, 1.165) is 11.3 Å². The second-order valence-corrected chi connectivity index (χ2v) is 7.17. The number of thiophene rings is 1. The SMILES string of the molecule is CC(C)(C)CCC(NC(=O)CCc1cccs1)C(=O)O. The Labute approximate surface area is 124 Å². The monoisotopic (exact) mass is 297 g/mol. The molecule has 0 aliphatic rings. The van der Waals surface area contributed by atoms with Crippen molar-refractivity contribution in [3.05, 3.63) is 22.4 Å².